The van der Waals surface area contributed by atoms with Gasteiger partial charge in [-0.3, -0.25) is 9.59 Å². The Kier molecular flexibility index (Phi) is 10.6. The van der Waals surface area contributed by atoms with Gasteiger partial charge in [-0.15, -0.1) is 0 Å². The number of carbonyl (C=O) groups excluding carboxylic acids is 2. The van der Waals surface area contributed by atoms with Crippen molar-refractivity contribution in [2.75, 3.05) is 13.2 Å². The van der Waals surface area contributed by atoms with Gasteiger partial charge in [-0.05, 0) is 84.6 Å². The number of hydrogen-bond acceptors (Lipinski definition) is 4. The molecule has 2 aromatic carbocycles. The number of carbonyl (C=O) groups is 2. The predicted octanol–water partition coefficient (Wildman–Crippen LogP) is 6.63. The maximum Gasteiger partial charge on any atom is 0.252 e. The average Bonchev–Trinajstić information content (AvgIpc) is 2.72. The first-order valence-corrected chi connectivity index (χ1v) is 10.7. The SMILES string of the molecule is O=C(Cl)c1ccc(OCCCCCCCCCOc2ccc(C(=O)Cl)cc2)cc1. The van der Waals surface area contributed by atoms with Gasteiger partial charge in [0, 0.05) is 11.1 Å². The topological polar surface area (TPSA) is 52.6 Å². The van der Waals surface area contributed by atoms with E-state index < -0.39 is 10.5 Å². The standard InChI is InChI=1S/C23H26Cl2O4/c24-22(26)18-8-12-20(13-9-18)28-16-6-4-2-1-3-5-7-17-29-21-14-10-19(11-15-21)23(25)27/h8-15H,1-7,16-17H2. The van der Waals surface area contributed by atoms with Gasteiger partial charge in [0.15, 0.2) is 0 Å². The van der Waals surface area contributed by atoms with Crippen molar-refractivity contribution in [1.29, 1.82) is 0 Å². The lowest BCUT2D eigenvalue weighted by atomic mass is 10.1. The molecule has 6 heteroatoms. The molecule has 156 valence electrons. The molecule has 0 aliphatic rings. The van der Waals surface area contributed by atoms with E-state index in [1.54, 1.807) is 48.5 Å². The van der Waals surface area contributed by atoms with Crippen molar-refractivity contribution < 1.29 is 19.1 Å². The fourth-order valence-electron chi connectivity index (χ4n) is 2.83. The van der Waals surface area contributed by atoms with Crippen molar-refractivity contribution in [2.45, 2.75) is 44.9 Å². The smallest absolute Gasteiger partial charge is 0.252 e. The quantitative estimate of drug-likeness (QED) is 0.246. The molecule has 0 saturated carbocycles. The van der Waals surface area contributed by atoms with Crippen molar-refractivity contribution >= 4 is 33.7 Å². The van der Waals surface area contributed by atoms with Crippen LogP contribution in [-0.2, 0) is 0 Å². The van der Waals surface area contributed by atoms with Crippen LogP contribution in [0.15, 0.2) is 48.5 Å². The van der Waals surface area contributed by atoms with Gasteiger partial charge in [0.25, 0.3) is 10.5 Å². The van der Waals surface area contributed by atoms with Crippen molar-refractivity contribution in [3.8, 4) is 11.5 Å². The van der Waals surface area contributed by atoms with Crippen LogP contribution in [0.3, 0.4) is 0 Å². The number of rotatable bonds is 14. The minimum atomic E-state index is -0.457. The van der Waals surface area contributed by atoms with Crippen LogP contribution in [0, 0.1) is 0 Å². The second kappa shape index (κ2) is 13.2. The lowest BCUT2D eigenvalue weighted by molar-refractivity contribution is 0.107. The third kappa shape index (κ3) is 9.33. The van der Waals surface area contributed by atoms with Crippen LogP contribution < -0.4 is 9.47 Å². The van der Waals surface area contributed by atoms with Gasteiger partial charge >= 0.3 is 0 Å². The number of unbranched alkanes of at least 4 members (excludes halogenated alkanes) is 6. The van der Waals surface area contributed by atoms with E-state index in [1.165, 1.54) is 19.3 Å². The van der Waals surface area contributed by atoms with E-state index in [0.717, 1.165) is 37.2 Å². The molecule has 0 N–H and O–H groups in total. The zero-order valence-corrected chi connectivity index (χ0v) is 17.9. The fourth-order valence-corrected chi connectivity index (χ4v) is 3.08. The van der Waals surface area contributed by atoms with Crippen LogP contribution in [0.4, 0.5) is 0 Å². The van der Waals surface area contributed by atoms with Crippen molar-refractivity contribution in [3.63, 3.8) is 0 Å². The van der Waals surface area contributed by atoms with Gasteiger partial charge in [0.05, 0.1) is 13.2 Å². The van der Waals surface area contributed by atoms with Crippen LogP contribution in [0.25, 0.3) is 0 Å². The Morgan fingerprint density at radius 1 is 0.552 bits per heavy atom. The van der Waals surface area contributed by atoms with Gasteiger partial charge in [-0.25, -0.2) is 0 Å². The highest BCUT2D eigenvalue weighted by atomic mass is 35.5. The van der Waals surface area contributed by atoms with E-state index in [2.05, 4.69) is 0 Å². The highest BCUT2D eigenvalue weighted by Gasteiger charge is 2.02. The molecule has 0 aromatic heterocycles. The zero-order chi connectivity index (χ0) is 20.9. The van der Waals surface area contributed by atoms with E-state index in [1.807, 2.05) is 0 Å². The molecule has 0 aliphatic heterocycles. The van der Waals surface area contributed by atoms with E-state index in [0.29, 0.717) is 24.3 Å². The first kappa shape index (κ1) is 23.2. The highest BCUT2D eigenvalue weighted by molar-refractivity contribution is 6.68. The molecular formula is C23H26Cl2O4. The van der Waals surface area contributed by atoms with E-state index >= 15 is 0 Å². The molecule has 0 amide bonds. The third-order valence-electron chi connectivity index (χ3n) is 4.49. The summed E-state index contributed by atoms with van der Waals surface area (Å²) in [6, 6.07) is 13.8. The molecule has 4 nitrogen and oxygen atoms in total. The average molecular weight is 437 g/mol. The van der Waals surface area contributed by atoms with Gasteiger partial charge in [0.1, 0.15) is 11.5 Å². The monoisotopic (exact) mass is 436 g/mol. The van der Waals surface area contributed by atoms with Crippen LogP contribution in [0.2, 0.25) is 0 Å². The van der Waals surface area contributed by atoms with Crippen molar-refractivity contribution in [1.82, 2.24) is 0 Å². The fraction of sp³-hybridized carbons (Fsp3) is 0.391. The molecule has 0 aliphatic carbocycles. The molecule has 0 heterocycles. The molecule has 0 spiro atoms. The third-order valence-corrected chi connectivity index (χ3v) is 4.93. The summed E-state index contributed by atoms with van der Waals surface area (Å²) < 4.78 is 11.3. The van der Waals surface area contributed by atoms with E-state index in [4.69, 9.17) is 32.7 Å². The zero-order valence-electron chi connectivity index (χ0n) is 16.4. The molecule has 0 fully saturated rings. The largest absolute Gasteiger partial charge is 0.494 e. The maximum atomic E-state index is 11.0. The molecule has 0 unspecified atom stereocenters. The summed E-state index contributed by atoms with van der Waals surface area (Å²) in [5, 5.41) is -0.913. The van der Waals surface area contributed by atoms with Gasteiger partial charge in [-0.2, -0.15) is 0 Å². The first-order valence-electron chi connectivity index (χ1n) is 9.91. The normalized spacial score (nSPS) is 10.6. The number of halogens is 2. The predicted molar refractivity (Wildman–Crippen MR) is 117 cm³/mol. The minimum absolute atomic E-state index is 0.457. The summed E-state index contributed by atoms with van der Waals surface area (Å²) >= 11 is 10.8. The van der Waals surface area contributed by atoms with Crippen LogP contribution in [0.5, 0.6) is 11.5 Å². The lowest BCUT2D eigenvalue weighted by Crippen LogP contribution is -1.98. The lowest BCUT2D eigenvalue weighted by Gasteiger charge is -2.07. The molecule has 0 atom stereocenters. The molecule has 0 bridgehead atoms. The number of ether oxygens (including phenoxy) is 2. The minimum Gasteiger partial charge on any atom is -0.494 e. The molecule has 29 heavy (non-hydrogen) atoms. The Morgan fingerprint density at radius 3 is 1.17 bits per heavy atom. The molecular weight excluding hydrogens is 411 g/mol. The number of benzene rings is 2. The van der Waals surface area contributed by atoms with Gasteiger partial charge in [-0.1, -0.05) is 32.1 Å². The van der Waals surface area contributed by atoms with Gasteiger partial charge in [0.2, 0.25) is 0 Å². The second-order valence-corrected chi connectivity index (χ2v) is 7.45. The van der Waals surface area contributed by atoms with Crippen LogP contribution in [-0.4, -0.2) is 23.7 Å². The van der Waals surface area contributed by atoms with Crippen LogP contribution >= 0.6 is 23.2 Å². The molecule has 0 radical (unpaired) electrons. The summed E-state index contributed by atoms with van der Waals surface area (Å²) in [4.78, 5) is 22.0. The Hall–Kier alpha value is -2.04. The van der Waals surface area contributed by atoms with Crippen LogP contribution in [0.1, 0.15) is 65.7 Å². The first-order chi connectivity index (χ1) is 14.1. The Balaban J connectivity index is 1.42. The van der Waals surface area contributed by atoms with Crippen molar-refractivity contribution in [3.05, 3.63) is 59.7 Å². The Labute approximate surface area is 182 Å². The van der Waals surface area contributed by atoms with Crippen molar-refractivity contribution in [2.24, 2.45) is 0 Å². The van der Waals surface area contributed by atoms with Gasteiger partial charge < -0.3 is 9.47 Å². The summed E-state index contributed by atoms with van der Waals surface area (Å²) in [6.45, 7) is 1.35. The second-order valence-electron chi connectivity index (χ2n) is 6.77. The summed E-state index contributed by atoms with van der Waals surface area (Å²) in [6.07, 6.45) is 7.90. The Bertz CT molecular complexity index is 692. The molecule has 2 aromatic rings. The Morgan fingerprint density at radius 2 is 0.862 bits per heavy atom. The summed E-state index contributed by atoms with van der Waals surface area (Å²) in [5.74, 6) is 1.52. The van der Waals surface area contributed by atoms with E-state index in [9.17, 15) is 9.59 Å². The molecule has 2 rings (SSSR count). The summed E-state index contributed by atoms with van der Waals surface area (Å²) in [7, 11) is 0. The number of hydrogen-bond donors (Lipinski definition) is 0. The highest BCUT2D eigenvalue weighted by Crippen LogP contribution is 2.16. The maximum absolute atomic E-state index is 11.0. The molecule has 0 saturated heterocycles. The summed E-state index contributed by atoms with van der Waals surface area (Å²) in [5.41, 5.74) is 0.954. The van der Waals surface area contributed by atoms with E-state index in [-0.39, 0.29) is 0 Å².